The molecular weight excluding hydrogens is 200 g/mol. The van der Waals surface area contributed by atoms with Gasteiger partial charge in [0.05, 0.1) is 18.1 Å². The van der Waals surface area contributed by atoms with Crippen molar-refractivity contribution in [2.24, 2.45) is 24.7 Å². The number of nitrogens with zero attached hydrogens (tertiary/aromatic N) is 2. The van der Waals surface area contributed by atoms with Crippen LogP contribution in [0.2, 0.25) is 0 Å². The molecule has 0 amide bonds. The van der Waals surface area contributed by atoms with E-state index in [1.165, 1.54) is 31.4 Å². The third-order valence-electron chi connectivity index (χ3n) is 3.88. The second-order valence-electron chi connectivity index (χ2n) is 5.09. The van der Waals surface area contributed by atoms with Gasteiger partial charge < -0.3 is 4.57 Å². The highest BCUT2D eigenvalue weighted by Crippen LogP contribution is 2.35. The number of imidazole rings is 1. The molecular formula is C12H22N4. The standard InChI is InChI=1S/C12H22N4/c1-9-3-5-10(6-4-9)12(15-13)11-7-14-8-16(11)2/h7-10,12,15H,3-6,13H2,1-2H3. The Labute approximate surface area is 97.2 Å². The van der Waals surface area contributed by atoms with Crippen molar-refractivity contribution in [1.82, 2.24) is 15.0 Å². The van der Waals surface area contributed by atoms with Crippen molar-refractivity contribution >= 4 is 0 Å². The predicted molar refractivity (Wildman–Crippen MR) is 64.4 cm³/mol. The van der Waals surface area contributed by atoms with E-state index < -0.39 is 0 Å². The molecule has 1 heterocycles. The molecule has 1 saturated carbocycles. The number of nitrogens with one attached hydrogen (secondary N) is 1. The third-order valence-corrected chi connectivity index (χ3v) is 3.88. The first kappa shape index (κ1) is 11.6. The maximum Gasteiger partial charge on any atom is 0.0946 e. The van der Waals surface area contributed by atoms with Crippen LogP contribution in [0.5, 0.6) is 0 Å². The monoisotopic (exact) mass is 222 g/mol. The highest BCUT2D eigenvalue weighted by molar-refractivity contribution is 5.06. The van der Waals surface area contributed by atoms with Crippen molar-refractivity contribution in [2.75, 3.05) is 0 Å². The maximum atomic E-state index is 5.71. The van der Waals surface area contributed by atoms with Gasteiger partial charge >= 0.3 is 0 Å². The Hall–Kier alpha value is -0.870. The second-order valence-corrected chi connectivity index (χ2v) is 5.09. The molecule has 2 rings (SSSR count). The fraction of sp³-hybridized carbons (Fsp3) is 0.750. The molecule has 4 heteroatoms. The fourth-order valence-electron chi connectivity index (χ4n) is 2.75. The molecule has 0 radical (unpaired) electrons. The number of hydrazine groups is 1. The normalized spacial score (nSPS) is 27.9. The number of aryl methyl sites for hydroxylation is 1. The number of aromatic nitrogens is 2. The van der Waals surface area contributed by atoms with Crippen LogP contribution < -0.4 is 11.3 Å². The molecule has 4 nitrogen and oxygen atoms in total. The van der Waals surface area contributed by atoms with Crippen LogP contribution in [0.25, 0.3) is 0 Å². The molecule has 3 N–H and O–H groups in total. The molecule has 1 atom stereocenters. The van der Waals surface area contributed by atoms with Crippen molar-refractivity contribution < 1.29 is 0 Å². The van der Waals surface area contributed by atoms with E-state index in [0.717, 1.165) is 5.92 Å². The Balaban J connectivity index is 2.08. The van der Waals surface area contributed by atoms with Crippen LogP contribution in [0.3, 0.4) is 0 Å². The van der Waals surface area contributed by atoms with E-state index in [1.807, 2.05) is 19.6 Å². The first-order valence-corrected chi connectivity index (χ1v) is 6.14. The summed E-state index contributed by atoms with van der Waals surface area (Å²) in [5.74, 6) is 7.23. The average molecular weight is 222 g/mol. The van der Waals surface area contributed by atoms with Gasteiger partial charge in [-0.1, -0.05) is 19.8 Å². The quantitative estimate of drug-likeness (QED) is 0.605. The first-order valence-electron chi connectivity index (χ1n) is 6.14. The van der Waals surface area contributed by atoms with Gasteiger partial charge in [-0.15, -0.1) is 0 Å². The van der Waals surface area contributed by atoms with E-state index in [9.17, 15) is 0 Å². The maximum absolute atomic E-state index is 5.71. The van der Waals surface area contributed by atoms with Gasteiger partial charge in [-0.2, -0.15) is 0 Å². The molecule has 16 heavy (non-hydrogen) atoms. The molecule has 0 bridgehead atoms. The van der Waals surface area contributed by atoms with Crippen LogP contribution in [0, 0.1) is 11.8 Å². The van der Waals surface area contributed by atoms with Crippen LogP contribution >= 0.6 is 0 Å². The van der Waals surface area contributed by atoms with Gasteiger partial charge in [-0.05, 0) is 24.7 Å². The molecule has 0 aliphatic heterocycles. The summed E-state index contributed by atoms with van der Waals surface area (Å²) >= 11 is 0. The topological polar surface area (TPSA) is 55.9 Å². The van der Waals surface area contributed by atoms with Gasteiger partial charge in [-0.25, -0.2) is 4.98 Å². The zero-order chi connectivity index (χ0) is 11.5. The Morgan fingerprint density at radius 3 is 2.62 bits per heavy atom. The van der Waals surface area contributed by atoms with Gasteiger partial charge in [0.15, 0.2) is 0 Å². The van der Waals surface area contributed by atoms with Crippen LogP contribution in [0.1, 0.15) is 44.3 Å². The van der Waals surface area contributed by atoms with E-state index in [1.54, 1.807) is 0 Å². The molecule has 90 valence electrons. The lowest BCUT2D eigenvalue weighted by molar-refractivity contribution is 0.227. The molecule has 1 aliphatic rings. The summed E-state index contributed by atoms with van der Waals surface area (Å²) in [7, 11) is 2.03. The lowest BCUT2D eigenvalue weighted by Crippen LogP contribution is -2.36. The lowest BCUT2D eigenvalue weighted by Gasteiger charge is -2.32. The summed E-state index contributed by atoms with van der Waals surface area (Å²) in [6, 6.07) is 0.250. The molecule has 1 aromatic heterocycles. The number of hydrogen-bond donors (Lipinski definition) is 2. The highest BCUT2D eigenvalue weighted by Gasteiger charge is 2.27. The first-order chi connectivity index (χ1) is 7.72. The van der Waals surface area contributed by atoms with Gasteiger partial charge in [0.2, 0.25) is 0 Å². The Morgan fingerprint density at radius 1 is 1.44 bits per heavy atom. The van der Waals surface area contributed by atoms with E-state index in [0.29, 0.717) is 5.92 Å². The zero-order valence-electron chi connectivity index (χ0n) is 10.2. The van der Waals surface area contributed by atoms with E-state index in [4.69, 9.17) is 5.84 Å². The minimum Gasteiger partial charge on any atom is -0.336 e. The SMILES string of the molecule is CC1CCC(C(NN)c2cncn2C)CC1. The molecule has 1 aliphatic carbocycles. The molecule has 1 aromatic rings. The van der Waals surface area contributed by atoms with E-state index in [-0.39, 0.29) is 6.04 Å². The summed E-state index contributed by atoms with van der Waals surface area (Å²) in [6.07, 6.45) is 8.93. The predicted octanol–water partition coefficient (Wildman–Crippen LogP) is 1.75. The van der Waals surface area contributed by atoms with Crippen LogP contribution in [-0.4, -0.2) is 9.55 Å². The van der Waals surface area contributed by atoms with Gasteiger partial charge in [0.25, 0.3) is 0 Å². The van der Waals surface area contributed by atoms with Gasteiger partial charge in [-0.3, -0.25) is 11.3 Å². The second kappa shape index (κ2) is 4.97. The molecule has 0 aromatic carbocycles. The molecule has 0 saturated heterocycles. The number of rotatable bonds is 3. The van der Waals surface area contributed by atoms with Crippen molar-refractivity contribution in [1.29, 1.82) is 0 Å². The minimum atomic E-state index is 0.250. The van der Waals surface area contributed by atoms with Crippen LogP contribution in [-0.2, 0) is 7.05 Å². The van der Waals surface area contributed by atoms with Gasteiger partial charge in [0.1, 0.15) is 0 Å². The van der Waals surface area contributed by atoms with Crippen molar-refractivity contribution in [2.45, 2.75) is 38.6 Å². The fourth-order valence-corrected chi connectivity index (χ4v) is 2.75. The minimum absolute atomic E-state index is 0.250. The van der Waals surface area contributed by atoms with Crippen molar-refractivity contribution in [3.05, 3.63) is 18.2 Å². The lowest BCUT2D eigenvalue weighted by atomic mass is 9.78. The van der Waals surface area contributed by atoms with Crippen molar-refractivity contribution in [3.63, 3.8) is 0 Å². The molecule has 1 fully saturated rings. The summed E-state index contributed by atoms with van der Waals surface area (Å²) in [4.78, 5) is 4.17. The van der Waals surface area contributed by atoms with E-state index in [2.05, 4.69) is 21.9 Å². The van der Waals surface area contributed by atoms with Crippen molar-refractivity contribution in [3.8, 4) is 0 Å². The van der Waals surface area contributed by atoms with Crippen LogP contribution in [0.15, 0.2) is 12.5 Å². The van der Waals surface area contributed by atoms with Gasteiger partial charge in [0, 0.05) is 13.2 Å². The van der Waals surface area contributed by atoms with E-state index >= 15 is 0 Å². The number of hydrogen-bond acceptors (Lipinski definition) is 3. The van der Waals surface area contributed by atoms with Crippen LogP contribution in [0.4, 0.5) is 0 Å². The highest BCUT2D eigenvalue weighted by atomic mass is 15.3. The summed E-state index contributed by atoms with van der Waals surface area (Å²) in [5, 5.41) is 0. The smallest absolute Gasteiger partial charge is 0.0946 e. The summed E-state index contributed by atoms with van der Waals surface area (Å²) in [6.45, 7) is 2.34. The third kappa shape index (κ3) is 2.28. The summed E-state index contributed by atoms with van der Waals surface area (Å²) in [5.41, 5.74) is 4.17. The molecule has 0 spiro atoms. The largest absolute Gasteiger partial charge is 0.336 e. The average Bonchev–Trinajstić information content (AvgIpc) is 2.69. The number of nitrogens with two attached hydrogens (primary N) is 1. The molecule has 1 unspecified atom stereocenters. The summed E-state index contributed by atoms with van der Waals surface area (Å²) < 4.78 is 2.06. The Kier molecular flexibility index (Phi) is 3.61. The zero-order valence-corrected chi connectivity index (χ0v) is 10.2. The Morgan fingerprint density at radius 2 is 2.12 bits per heavy atom. The Bertz CT molecular complexity index is 326.